The molecule has 4 heteroatoms. The van der Waals surface area contributed by atoms with Crippen LogP contribution in [-0.4, -0.2) is 30.6 Å². The van der Waals surface area contributed by atoms with Gasteiger partial charge in [0.1, 0.15) is 19.0 Å². The molecule has 0 aliphatic heterocycles. The molecule has 0 aliphatic carbocycles. The summed E-state index contributed by atoms with van der Waals surface area (Å²) < 4.78 is 10.9. The van der Waals surface area contributed by atoms with Gasteiger partial charge >= 0.3 is 0 Å². The predicted octanol–water partition coefficient (Wildman–Crippen LogP) is 3.76. The Hall–Kier alpha value is -2.20. The quantitative estimate of drug-likeness (QED) is 0.661. The minimum absolute atomic E-state index is 0.133. The Morgan fingerprint density at radius 1 is 1.09 bits per heavy atom. The van der Waals surface area contributed by atoms with Crippen molar-refractivity contribution in [3.8, 4) is 17.0 Å². The fraction of sp³-hybridized carbons (Fsp3) is 0.368. The molecule has 0 N–H and O–H groups in total. The summed E-state index contributed by atoms with van der Waals surface area (Å²) in [6, 6.07) is 13.8. The number of pyridine rings is 1. The molecule has 0 spiro atoms. The molecule has 23 heavy (non-hydrogen) atoms. The van der Waals surface area contributed by atoms with Gasteiger partial charge in [0, 0.05) is 12.0 Å². The second-order valence-electron chi connectivity index (χ2n) is 5.78. The Morgan fingerprint density at radius 3 is 2.52 bits per heavy atom. The number of nitrogens with zero attached hydrogens (tertiary/aromatic N) is 1. The number of hydrogen-bond acceptors (Lipinski definition) is 4. The summed E-state index contributed by atoms with van der Waals surface area (Å²) in [6.07, 6.45) is 2.26. The van der Waals surface area contributed by atoms with Crippen LogP contribution in [0.15, 0.2) is 48.7 Å². The molecule has 0 bridgehead atoms. The predicted molar refractivity (Wildman–Crippen MR) is 90.4 cm³/mol. The molecular weight excluding hydrogens is 290 g/mol. The summed E-state index contributed by atoms with van der Waals surface area (Å²) in [5.41, 5.74) is 1.99. The van der Waals surface area contributed by atoms with Crippen molar-refractivity contribution in [3.63, 3.8) is 0 Å². The van der Waals surface area contributed by atoms with Crippen molar-refractivity contribution >= 4 is 5.78 Å². The maximum absolute atomic E-state index is 11.5. The third-order valence-electron chi connectivity index (χ3n) is 3.20. The second kappa shape index (κ2) is 9.06. The van der Waals surface area contributed by atoms with Crippen LogP contribution < -0.4 is 4.74 Å². The fourth-order valence-corrected chi connectivity index (χ4v) is 2.16. The van der Waals surface area contributed by atoms with Crippen LogP contribution in [0.25, 0.3) is 11.3 Å². The van der Waals surface area contributed by atoms with Gasteiger partial charge in [0.2, 0.25) is 0 Å². The van der Waals surface area contributed by atoms with E-state index in [1.165, 1.54) is 0 Å². The molecular formula is C19H23NO3. The zero-order valence-corrected chi connectivity index (χ0v) is 13.7. The lowest BCUT2D eigenvalue weighted by atomic mass is 10.1. The molecule has 1 aromatic carbocycles. The molecule has 0 fully saturated rings. The van der Waals surface area contributed by atoms with Gasteiger partial charge in [0.25, 0.3) is 0 Å². The zero-order valence-electron chi connectivity index (χ0n) is 13.7. The van der Waals surface area contributed by atoms with Crippen LogP contribution in [0, 0.1) is 5.92 Å². The van der Waals surface area contributed by atoms with E-state index in [1.807, 2.05) is 56.3 Å². The number of ether oxygens (including phenoxy) is 2. The monoisotopic (exact) mass is 313 g/mol. The van der Waals surface area contributed by atoms with Gasteiger partial charge in [-0.2, -0.15) is 0 Å². The van der Waals surface area contributed by atoms with Crippen molar-refractivity contribution in [1.29, 1.82) is 0 Å². The Balaban J connectivity index is 1.70. The van der Waals surface area contributed by atoms with Crippen molar-refractivity contribution in [1.82, 2.24) is 4.98 Å². The molecule has 0 unspecified atom stereocenters. The van der Waals surface area contributed by atoms with Crippen LogP contribution in [0.5, 0.6) is 5.75 Å². The highest BCUT2D eigenvalue weighted by molar-refractivity contribution is 5.79. The van der Waals surface area contributed by atoms with E-state index >= 15 is 0 Å². The third-order valence-corrected chi connectivity index (χ3v) is 3.20. The van der Waals surface area contributed by atoms with E-state index in [4.69, 9.17) is 9.47 Å². The molecule has 1 aromatic heterocycles. The first kappa shape index (κ1) is 17.2. The van der Waals surface area contributed by atoms with E-state index in [-0.39, 0.29) is 12.4 Å². The minimum Gasteiger partial charge on any atom is -0.490 e. The topological polar surface area (TPSA) is 48.4 Å². The lowest BCUT2D eigenvalue weighted by Crippen LogP contribution is -2.14. The van der Waals surface area contributed by atoms with Crippen LogP contribution >= 0.6 is 0 Å². The van der Waals surface area contributed by atoms with Gasteiger partial charge in [-0.15, -0.1) is 0 Å². The Morgan fingerprint density at radius 2 is 1.87 bits per heavy atom. The number of rotatable bonds is 9. The maximum Gasteiger partial charge on any atom is 0.158 e. The summed E-state index contributed by atoms with van der Waals surface area (Å²) in [4.78, 5) is 15.9. The van der Waals surface area contributed by atoms with E-state index in [0.29, 0.717) is 31.3 Å². The van der Waals surface area contributed by atoms with Gasteiger partial charge in [0.05, 0.1) is 18.5 Å². The number of hydrogen-bond donors (Lipinski definition) is 0. The van der Waals surface area contributed by atoms with Crippen LogP contribution in [0.3, 0.4) is 0 Å². The lowest BCUT2D eigenvalue weighted by Gasteiger charge is -2.08. The number of Topliss-reactive ketones (excluding diaryl/α,β-unsaturated/α-hetero) is 1. The van der Waals surface area contributed by atoms with E-state index < -0.39 is 0 Å². The number of aromatic nitrogens is 1. The van der Waals surface area contributed by atoms with Crippen LogP contribution in [0.4, 0.5) is 0 Å². The molecule has 0 amide bonds. The lowest BCUT2D eigenvalue weighted by molar-refractivity contribution is -0.124. The molecule has 2 rings (SSSR count). The summed E-state index contributed by atoms with van der Waals surface area (Å²) in [7, 11) is 0. The average molecular weight is 313 g/mol. The van der Waals surface area contributed by atoms with Crippen molar-refractivity contribution in [2.45, 2.75) is 20.3 Å². The Labute approximate surface area is 137 Å². The van der Waals surface area contributed by atoms with Crippen molar-refractivity contribution in [2.75, 3.05) is 19.8 Å². The van der Waals surface area contributed by atoms with Crippen molar-refractivity contribution in [3.05, 3.63) is 48.7 Å². The van der Waals surface area contributed by atoms with Crippen molar-refractivity contribution < 1.29 is 14.3 Å². The first-order valence-electron chi connectivity index (χ1n) is 7.89. The van der Waals surface area contributed by atoms with Gasteiger partial charge in [0.15, 0.2) is 5.78 Å². The smallest absolute Gasteiger partial charge is 0.158 e. The van der Waals surface area contributed by atoms with E-state index in [9.17, 15) is 4.79 Å². The van der Waals surface area contributed by atoms with Crippen LogP contribution in [0.1, 0.15) is 20.3 Å². The average Bonchev–Trinajstić information content (AvgIpc) is 2.55. The Kier molecular flexibility index (Phi) is 6.76. The molecule has 0 saturated carbocycles. The van der Waals surface area contributed by atoms with Gasteiger partial charge in [-0.25, -0.2) is 0 Å². The van der Waals surface area contributed by atoms with E-state index in [2.05, 4.69) is 4.98 Å². The molecule has 4 nitrogen and oxygen atoms in total. The molecule has 0 radical (unpaired) electrons. The second-order valence-corrected chi connectivity index (χ2v) is 5.78. The summed E-state index contributed by atoms with van der Waals surface area (Å²) in [5, 5.41) is 0. The molecule has 2 aromatic rings. The Bertz CT molecular complexity index is 594. The molecule has 0 saturated heterocycles. The summed E-state index contributed by atoms with van der Waals surface area (Å²) in [5.74, 6) is 1.20. The van der Waals surface area contributed by atoms with E-state index in [0.717, 1.165) is 11.3 Å². The SMILES string of the molecule is CC(C)CC(=O)COCCOc1ccc(-c2ccccc2)nc1. The van der Waals surface area contributed by atoms with E-state index in [1.54, 1.807) is 6.20 Å². The summed E-state index contributed by atoms with van der Waals surface area (Å²) in [6.45, 7) is 5.00. The van der Waals surface area contributed by atoms with Gasteiger partial charge in [-0.05, 0) is 18.1 Å². The minimum atomic E-state index is 0.133. The largest absolute Gasteiger partial charge is 0.490 e. The normalized spacial score (nSPS) is 10.7. The number of carbonyl (C=O) groups excluding carboxylic acids is 1. The molecule has 0 atom stereocenters. The molecule has 0 aliphatic rings. The van der Waals surface area contributed by atoms with Crippen molar-refractivity contribution in [2.24, 2.45) is 5.92 Å². The standard InChI is InChI=1S/C19H23NO3/c1-15(2)12-17(21)14-22-10-11-23-18-8-9-19(20-13-18)16-6-4-3-5-7-16/h3-9,13,15H,10-12,14H2,1-2H3. The zero-order chi connectivity index (χ0) is 16.5. The van der Waals surface area contributed by atoms with Gasteiger partial charge in [-0.3, -0.25) is 9.78 Å². The first-order chi connectivity index (χ1) is 11.1. The highest BCUT2D eigenvalue weighted by Crippen LogP contribution is 2.18. The maximum atomic E-state index is 11.5. The summed E-state index contributed by atoms with van der Waals surface area (Å²) >= 11 is 0. The third kappa shape index (κ3) is 6.20. The highest BCUT2D eigenvalue weighted by Gasteiger charge is 2.05. The fourth-order valence-electron chi connectivity index (χ4n) is 2.16. The van der Waals surface area contributed by atoms with Crippen LogP contribution in [0.2, 0.25) is 0 Å². The van der Waals surface area contributed by atoms with Gasteiger partial charge in [-0.1, -0.05) is 44.2 Å². The molecule has 1 heterocycles. The van der Waals surface area contributed by atoms with Gasteiger partial charge < -0.3 is 9.47 Å². The van der Waals surface area contributed by atoms with Crippen LogP contribution in [-0.2, 0) is 9.53 Å². The number of ketones is 1. The number of carbonyl (C=O) groups is 1. The number of benzene rings is 1. The first-order valence-corrected chi connectivity index (χ1v) is 7.89. The molecule has 122 valence electrons. The highest BCUT2D eigenvalue weighted by atomic mass is 16.5.